The van der Waals surface area contributed by atoms with Gasteiger partial charge in [-0.1, -0.05) is 12.1 Å². The van der Waals surface area contributed by atoms with Gasteiger partial charge in [0.1, 0.15) is 6.04 Å². The summed E-state index contributed by atoms with van der Waals surface area (Å²) in [6.45, 7) is 8.93. The molecule has 148 valence electrons. The molecule has 0 N–H and O–H groups in total. The van der Waals surface area contributed by atoms with Crippen LogP contribution in [0.1, 0.15) is 48.5 Å². The highest BCUT2D eigenvalue weighted by Gasteiger charge is 2.30. The summed E-state index contributed by atoms with van der Waals surface area (Å²) in [4.78, 5) is 29.5. The van der Waals surface area contributed by atoms with E-state index < -0.39 is 6.04 Å². The molecule has 0 radical (unpaired) electrons. The van der Waals surface area contributed by atoms with Crippen molar-refractivity contribution in [1.82, 2.24) is 14.7 Å². The summed E-state index contributed by atoms with van der Waals surface area (Å²) in [5.41, 5.74) is 4.47. The number of hydrogen-bond acceptors (Lipinski definition) is 4. The van der Waals surface area contributed by atoms with Crippen molar-refractivity contribution in [2.24, 2.45) is 0 Å². The number of benzene rings is 1. The van der Waals surface area contributed by atoms with Gasteiger partial charge in [-0.15, -0.1) is 0 Å². The summed E-state index contributed by atoms with van der Waals surface area (Å²) >= 11 is 0. The standard InChI is InChI=1S/C22H28N4O2/c1-15-4-5-16(2)20(14-15)24-10-12-25(13-11-24)22(28)17(3)26-21(27)9-8-19(23-26)18-6-7-18/h4-5,8-9,14,17-18H,6-7,10-13H2,1-3H3. The van der Waals surface area contributed by atoms with Crippen LogP contribution in [0.3, 0.4) is 0 Å². The molecule has 2 heterocycles. The van der Waals surface area contributed by atoms with E-state index in [9.17, 15) is 9.59 Å². The first-order valence-electron chi connectivity index (χ1n) is 10.1. The second kappa shape index (κ2) is 7.41. The van der Waals surface area contributed by atoms with Gasteiger partial charge in [0.15, 0.2) is 0 Å². The average Bonchev–Trinajstić information content (AvgIpc) is 3.54. The maximum atomic E-state index is 13.0. The minimum atomic E-state index is -0.571. The van der Waals surface area contributed by atoms with Crippen LogP contribution in [-0.4, -0.2) is 46.8 Å². The highest BCUT2D eigenvalue weighted by atomic mass is 16.2. The number of aromatic nitrogens is 2. The van der Waals surface area contributed by atoms with E-state index in [1.54, 1.807) is 19.1 Å². The van der Waals surface area contributed by atoms with Crippen LogP contribution in [0.2, 0.25) is 0 Å². The lowest BCUT2D eigenvalue weighted by atomic mass is 10.1. The number of nitrogens with zero attached hydrogens (tertiary/aromatic N) is 4. The van der Waals surface area contributed by atoms with E-state index in [1.165, 1.54) is 21.5 Å². The predicted molar refractivity (Wildman–Crippen MR) is 110 cm³/mol. The fraction of sp³-hybridized carbons (Fsp3) is 0.500. The zero-order valence-electron chi connectivity index (χ0n) is 16.9. The summed E-state index contributed by atoms with van der Waals surface area (Å²) in [6, 6.07) is 9.26. The van der Waals surface area contributed by atoms with Crippen molar-refractivity contribution in [2.45, 2.75) is 45.6 Å². The van der Waals surface area contributed by atoms with Crippen LogP contribution in [0, 0.1) is 13.8 Å². The first-order valence-corrected chi connectivity index (χ1v) is 10.1. The van der Waals surface area contributed by atoms with Crippen LogP contribution in [0.4, 0.5) is 5.69 Å². The monoisotopic (exact) mass is 380 g/mol. The normalized spacial score (nSPS) is 18.2. The highest BCUT2D eigenvalue weighted by molar-refractivity contribution is 5.80. The van der Waals surface area contributed by atoms with Gasteiger partial charge in [-0.3, -0.25) is 9.59 Å². The molecule has 4 rings (SSSR count). The molecular weight excluding hydrogens is 352 g/mol. The molecule has 2 aromatic rings. The smallest absolute Gasteiger partial charge is 0.267 e. The molecule has 1 aromatic carbocycles. The summed E-state index contributed by atoms with van der Waals surface area (Å²) < 4.78 is 1.37. The zero-order valence-corrected chi connectivity index (χ0v) is 16.9. The molecule has 1 aliphatic carbocycles. The number of carbonyl (C=O) groups excluding carboxylic acids is 1. The van der Waals surface area contributed by atoms with Gasteiger partial charge in [0, 0.05) is 43.9 Å². The molecule has 1 saturated heterocycles. The fourth-order valence-corrected chi connectivity index (χ4v) is 3.91. The summed E-state index contributed by atoms with van der Waals surface area (Å²) in [6.07, 6.45) is 2.24. The molecule has 0 spiro atoms. The Morgan fingerprint density at radius 3 is 2.46 bits per heavy atom. The molecule has 1 aliphatic heterocycles. The SMILES string of the molecule is Cc1ccc(C)c(N2CCN(C(=O)C(C)n3nc(C4CC4)ccc3=O)CC2)c1. The molecule has 2 aliphatic rings. The van der Waals surface area contributed by atoms with Crippen LogP contribution < -0.4 is 10.5 Å². The van der Waals surface area contributed by atoms with E-state index in [1.807, 2.05) is 4.90 Å². The number of amides is 1. The second-order valence-electron chi connectivity index (χ2n) is 8.09. The van der Waals surface area contributed by atoms with Crippen molar-refractivity contribution < 1.29 is 4.79 Å². The molecule has 0 bridgehead atoms. The largest absolute Gasteiger partial charge is 0.368 e. The van der Waals surface area contributed by atoms with Crippen molar-refractivity contribution in [2.75, 3.05) is 31.1 Å². The van der Waals surface area contributed by atoms with Crippen molar-refractivity contribution in [3.8, 4) is 0 Å². The average molecular weight is 380 g/mol. The molecule has 2 fully saturated rings. The number of piperazine rings is 1. The molecule has 28 heavy (non-hydrogen) atoms. The summed E-state index contributed by atoms with van der Waals surface area (Å²) in [5, 5.41) is 4.48. The van der Waals surface area contributed by atoms with E-state index in [4.69, 9.17) is 0 Å². The number of hydrogen-bond donors (Lipinski definition) is 0. The van der Waals surface area contributed by atoms with Gasteiger partial charge in [0.2, 0.25) is 5.91 Å². The number of anilines is 1. The Bertz CT molecular complexity index is 940. The minimum Gasteiger partial charge on any atom is -0.368 e. The van der Waals surface area contributed by atoms with Crippen LogP contribution in [0.15, 0.2) is 35.1 Å². The van der Waals surface area contributed by atoms with Crippen LogP contribution in [0.5, 0.6) is 0 Å². The van der Waals surface area contributed by atoms with Gasteiger partial charge < -0.3 is 9.80 Å². The minimum absolute atomic E-state index is 0.0249. The van der Waals surface area contributed by atoms with Crippen molar-refractivity contribution in [3.63, 3.8) is 0 Å². The summed E-state index contributed by atoms with van der Waals surface area (Å²) in [5.74, 6) is 0.429. The Hall–Kier alpha value is -2.63. The lowest BCUT2D eigenvalue weighted by Gasteiger charge is -2.38. The molecule has 1 aromatic heterocycles. The van der Waals surface area contributed by atoms with Crippen LogP contribution in [0.25, 0.3) is 0 Å². The third-order valence-corrected chi connectivity index (χ3v) is 5.86. The molecule has 6 heteroatoms. The van der Waals surface area contributed by atoms with E-state index in [-0.39, 0.29) is 11.5 Å². The van der Waals surface area contributed by atoms with Gasteiger partial charge in [0.05, 0.1) is 5.69 Å². The number of aryl methyl sites for hydroxylation is 2. The Kier molecular flexibility index (Phi) is 4.96. The summed E-state index contributed by atoms with van der Waals surface area (Å²) in [7, 11) is 0. The molecule has 1 unspecified atom stereocenters. The van der Waals surface area contributed by atoms with Crippen molar-refractivity contribution >= 4 is 11.6 Å². The molecule has 1 saturated carbocycles. The van der Waals surface area contributed by atoms with E-state index in [2.05, 4.69) is 42.0 Å². The Balaban J connectivity index is 1.44. The van der Waals surface area contributed by atoms with Gasteiger partial charge in [-0.05, 0) is 56.9 Å². The van der Waals surface area contributed by atoms with E-state index in [0.29, 0.717) is 19.0 Å². The predicted octanol–water partition coefficient (Wildman–Crippen LogP) is 2.65. The van der Waals surface area contributed by atoms with Crippen LogP contribution in [-0.2, 0) is 4.79 Å². The van der Waals surface area contributed by atoms with Crippen molar-refractivity contribution in [1.29, 1.82) is 0 Å². The first-order chi connectivity index (χ1) is 13.4. The van der Waals surface area contributed by atoms with Gasteiger partial charge in [0.25, 0.3) is 5.56 Å². The fourth-order valence-electron chi connectivity index (χ4n) is 3.91. The zero-order chi connectivity index (χ0) is 19.8. The third-order valence-electron chi connectivity index (χ3n) is 5.86. The lowest BCUT2D eigenvalue weighted by Crippen LogP contribution is -2.51. The molecule has 6 nitrogen and oxygen atoms in total. The number of carbonyl (C=O) groups is 1. The second-order valence-corrected chi connectivity index (χ2v) is 8.09. The first kappa shape index (κ1) is 18.7. The molecular formula is C22H28N4O2. The Morgan fingerprint density at radius 2 is 1.79 bits per heavy atom. The number of rotatable bonds is 4. The van der Waals surface area contributed by atoms with E-state index >= 15 is 0 Å². The van der Waals surface area contributed by atoms with Gasteiger partial charge in [-0.25, -0.2) is 4.68 Å². The molecule has 1 amide bonds. The lowest BCUT2D eigenvalue weighted by molar-refractivity contribution is -0.135. The maximum Gasteiger partial charge on any atom is 0.267 e. The third kappa shape index (κ3) is 3.68. The van der Waals surface area contributed by atoms with E-state index in [0.717, 1.165) is 31.6 Å². The topological polar surface area (TPSA) is 58.4 Å². The highest BCUT2D eigenvalue weighted by Crippen LogP contribution is 2.38. The van der Waals surface area contributed by atoms with Crippen molar-refractivity contribution in [3.05, 3.63) is 57.5 Å². The molecule has 1 atom stereocenters. The Labute approximate surface area is 165 Å². The quantitative estimate of drug-likeness (QED) is 0.818. The van der Waals surface area contributed by atoms with Gasteiger partial charge in [-0.2, -0.15) is 5.10 Å². The Morgan fingerprint density at radius 1 is 1.07 bits per heavy atom. The maximum absolute atomic E-state index is 13.0. The van der Waals surface area contributed by atoms with Crippen LogP contribution >= 0.6 is 0 Å². The van der Waals surface area contributed by atoms with Gasteiger partial charge >= 0.3 is 0 Å².